The molecule has 0 amide bonds. The molecule has 0 spiro atoms. The van der Waals surface area contributed by atoms with Crippen molar-refractivity contribution in [2.24, 2.45) is 0 Å². The number of nitrogens with zero attached hydrogens (tertiary/aromatic N) is 1. The van der Waals surface area contributed by atoms with Crippen molar-refractivity contribution in [2.75, 3.05) is 31.6 Å². The first-order valence-corrected chi connectivity index (χ1v) is 6.25. The van der Waals surface area contributed by atoms with Gasteiger partial charge in [0.15, 0.2) is 11.5 Å². The zero-order chi connectivity index (χ0) is 12.4. The number of fused-ring (bicyclic) bond motifs is 1. The molecule has 0 bridgehead atoms. The monoisotopic (exact) mass is 247 g/mol. The van der Waals surface area contributed by atoms with Crippen LogP contribution in [0.25, 0.3) is 11.1 Å². The summed E-state index contributed by atoms with van der Waals surface area (Å²) in [5.74, 6) is 0.696. The van der Waals surface area contributed by atoms with Gasteiger partial charge in [-0.15, -0.1) is 0 Å². The zero-order valence-electron chi connectivity index (χ0n) is 10.4. The van der Waals surface area contributed by atoms with Gasteiger partial charge in [-0.2, -0.15) is 0 Å². The Morgan fingerprint density at radius 2 is 2.44 bits per heavy atom. The van der Waals surface area contributed by atoms with Crippen LogP contribution in [0.5, 0.6) is 0 Å². The van der Waals surface area contributed by atoms with Crippen LogP contribution in [0.15, 0.2) is 22.6 Å². The van der Waals surface area contributed by atoms with Gasteiger partial charge in [-0.25, -0.2) is 4.98 Å². The van der Waals surface area contributed by atoms with E-state index in [0.29, 0.717) is 5.89 Å². The number of morpholine rings is 1. The first-order valence-electron chi connectivity index (χ1n) is 6.25. The normalized spacial score (nSPS) is 20.2. The number of ether oxygens (including phenoxy) is 1. The van der Waals surface area contributed by atoms with Crippen LogP contribution in [0.2, 0.25) is 0 Å². The molecule has 0 aliphatic carbocycles. The summed E-state index contributed by atoms with van der Waals surface area (Å²) in [6.45, 7) is 5.29. The van der Waals surface area contributed by atoms with Gasteiger partial charge in [0.1, 0.15) is 5.52 Å². The molecular weight excluding hydrogens is 230 g/mol. The molecule has 5 heteroatoms. The van der Waals surface area contributed by atoms with E-state index in [-0.39, 0.29) is 6.10 Å². The molecule has 1 aliphatic rings. The molecule has 96 valence electrons. The molecule has 1 aromatic carbocycles. The Bertz CT molecular complexity index is 532. The molecule has 18 heavy (non-hydrogen) atoms. The molecular formula is C13H17N3O2. The standard InChI is InChI=1S/C13H17N3O2/c1-9-16-12-6-10(2-3-13(12)18-9)15-8-11-7-14-4-5-17-11/h2-3,6,11,14-15H,4-5,7-8H2,1H3. The molecule has 1 aliphatic heterocycles. The maximum Gasteiger partial charge on any atom is 0.192 e. The molecule has 1 saturated heterocycles. The fraction of sp³-hybridized carbons (Fsp3) is 0.462. The fourth-order valence-corrected chi connectivity index (χ4v) is 2.14. The van der Waals surface area contributed by atoms with Crippen molar-refractivity contribution < 1.29 is 9.15 Å². The third kappa shape index (κ3) is 2.47. The molecule has 5 nitrogen and oxygen atoms in total. The summed E-state index contributed by atoms with van der Waals surface area (Å²) < 4.78 is 11.1. The van der Waals surface area contributed by atoms with E-state index in [0.717, 1.165) is 43.0 Å². The minimum Gasteiger partial charge on any atom is -0.441 e. The van der Waals surface area contributed by atoms with E-state index in [2.05, 4.69) is 15.6 Å². The molecule has 0 radical (unpaired) electrons. The number of anilines is 1. The van der Waals surface area contributed by atoms with Crippen LogP contribution in [0.1, 0.15) is 5.89 Å². The maximum absolute atomic E-state index is 5.63. The number of nitrogens with one attached hydrogen (secondary N) is 2. The van der Waals surface area contributed by atoms with Crippen molar-refractivity contribution in [1.82, 2.24) is 10.3 Å². The van der Waals surface area contributed by atoms with Crippen molar-refractivity contribution in [3.8, 4) is 0 Å². The van der Waals surface area contributed by atoms with Crippen molar-refractivity contribution in [3.63, 3.8) is 0 Å². The number of aryl methyl sites for hydroxylation is 1. The molecule has 1 aromatic heterocycles. The van der Waals surface area contributed by atoms with Gasteiger partial charge in [0.25, 0.3) is 0 Å². The Morgan fingerprint density at radius 1 is 1.50 bits per heavy atom. The molecule has 2 aromatic rings. The Hall–Kier alpha value is -1.59. The number of hydrogen-bond donors (Lipinski definition) is 2. The Kier molecular flexibility index (Phi) is 3.17. The van der Waals surface area contributed by atoms with Gasteiger partial charge in [-0.1, -0.05) is 0 Å². The first kappa shape index (κ1) is 11.5. The summed E-state index contributed by atoms with van der Waals surface area (Å²) in [5.41, 5.74) is 2.76. The molecule has 3 rings (SSSR count). The summed E-state index contributed by atoms with van der Waals surface area (Å²) in [4.78, 5) is 4.32. The highest BCUT2D eigenvalue weighted by molar-refractivity contribution is 5.77. The van der Waals surface area contributed by atoms with Gasteiger partial charge in [-0.3, -0.25) is 0 Å². The SMILES string of the molecule is Cc1nc2cc(NCC3CNCCO3)ccc2o1. The van der Waals surface area contributed by atoms with Crippen molar-refractivity contribution in [2.45, 2.75) is 13.0 Å². The lowest BCUT2D eigenvalue weighted by atomic mass is 10.2. The van der Waals surface area contributed by atoms with Gasteiger partial charge >= 0.3 is 0 Å². The number of hydrogen-bond acceptors (Lipinski definition) is 5. The smallest absolute Gasteiger partial charge is 0.192 e. The minimum absolute atomic E-state index is 0.230. The van der Waals surface area contributed by atoms with Crippen molar-refractivity contribution in [1.29, 1.82) is 0 Å². The number of aromatic nitrogens is 1. The third-order valence-corrected chi connectivity index (χ3v) is 3.03. The molecule has 1 atom stereocenters. The Labute approximate surface area is 106 Å². The summed E-state index contributed by atoms with van der Waals surface area (Å²) >= 11 is 0. The summed E-state index contributed by atoms with van der Waals surface area (Å²) in [5, 5.41) is 6.68. The van der Waals surface area contributed by atoms with Crippen molar-refractivity contribution >= 4 is 16.8 Å². The summed E-state index contributed by atoms with van der Waals surface area (Å²) in [6, 6.07) is 5.95. The molecule has 1 unspecified atom stereocenters. The lowest BCUT2D eigenvalue weighted by Gasteiger charge is -2.24. The van der Waals surface area contributed by atoms with E-state index in [1.54, 1.807) is 0 Å². The zero-order valence-corrected chi connectivity index (χ0v) is 10.4. The van der Waals surface area contributed by atoms with Crippen LogP contribution >= 0.6 is 0 Å². The second kappa shape index (κ2) is 4.96. The fourth-order valence-electron chi connectivity index (χ4n) is 2.14. The highest BCUT2D eigenvalue weighted by Gasteiger charge is 2.12. The number of rotatable bonds is 3. The van der Waals surface area contributed by atoms with Crippen LogP contribution in [0.3, 0.4) is 0 Å². The maximum atomic E-state index is 5.63. The average molecular weight is 247 g/mol. The summed E-state index contributed by atoms with van der Waals surface area (Å²) in [6.07, 6.45) is 0.230. The quantitative estimate of drug-likeness (QED) is 0.861. The lowest BCUT2D eigenvalue weighted by molar-refractivity contribution is 0.0372. The largest absolute Gasteiger partial charge is 0.441 e. The second-order valence-electron chi connectivity index (χ2n) is 4.49. The minimum atomic E-state index is 0.230. The van der Waals surface area contributed by atoms with E-state index in [4.69, 9.17) is 9.15 Å². The number of benzene rings is 1. The molecule has 2 heterocycles. The van der Waals surface area contributed by atoms with Crippen LogP contribution < -0.4 is 10.6 Å². The molecule has 1 fully saturated rings. The summed E-state index contributed by atoms with van der Waals surface area (Å²) in [7, 11) is 0. The highest BCUT2D eigenvalue weighted by atomic mass is 16.5. The predicted octanol–water partition coefficient (Wildman–Crippen LogP) is 1.54. The average Bonchev–Trinajstić information content (AvgIpc) is 2.77. The first-order chi connectivity index (χ1) is 8.81. The van der Waals surface area contributed by atoms with E-state index in [1.807, 2.05) is 25.1 Å². The van der Waals surface area contributed by atoms with Gasteiger partial charge in [0.2, 0.25) is 0 Å². The van der Waals surface area contributed by atoms with Gasteiger partial charge in [0, 0.05) is 32.2 Å². The van der Waals surface area contributed by atoms with Gasteiger partial charge in [0.05, 0.1) is 12.7 Å². The van der Waals surface area contributed by atoms with Crippen molar-refractivity contribution in [3.05, 3.63) is 24.1 Å². The number of oxazole rings is 1. The Morgan fingerprint density at radius 3 is 3.28 bits per heavy atom. The van der Waals surface area contributed by atoms with E-state index >= 15 is 0 Å². The van der Waals surface area contributed by atoms with Gasteiger partial charge in [-0.05, 0) is 18.2 Å². The van der Waals surface area contributed by atoms with E-state index in [9.17, 15) is 0 Å². The lowest BCUT2D eigenvalue weighted by Crippen LogP contribution is -2.42. The Balaban J connectivity index is 1.66. The predicted molar refractivity (Wildman–Crippen MR) is 69.8 cm³/mol. The van der Waals surface area contributed by atoms with E-state index in [1.165, 1.54) is 0 Å². The third-order valence-electron chi connectivity index (χ3n) is 3.03. The highest BCUT2D eigenvalue weighted by Crippen LogP contribution is 2.19. The molecule has 2 N–H and O–H groups in total. The topological polar surface area (TPSA) is 59.3 Å². The second-order valence-corrected chi connectivity index (χ2v) is 4.49. The van der Waals surface area contributed by atoms with Crippen LogP contribution in [0.4, 0.5) is 5.69 Å². The van der Waals surface area contributed by atoms with Crippen LogP contribution in [-0.4, -0.2) is 37.3 Å². The van der Waals surface area contributed by atoms with Crippen LogP contribution in [-0.2, 0) is 4.74 Å². The molecule has 0 saturated carbocycles. The van der Waals surface area contributed by atoms with Crippen LogP contribution in [0, 0.1) is 6.92 Å². The van der Waals surface area contributed by atoms with E-state index < -0.39 is 0 Å². The van der Waals surface area contributed by atoms with Gasteiger partial charge < -0.3 is 19.8 Å².